The van der Waals surface area contributed by atoms with Crippen molar-refractivity contribution < 1.29 is 4.79 Å². The Morgan fingerprint density at radius 1 is 1.15 bits per heavy atom. The van der Waals surface area contributed by atoms with Crippen LogP contribution in [0.5, 0.6) is 0 Å². The van der Waals surface area contributed by atoms with Gasteiger partial charge in [-0.2, -0.15) is 0 Å². The predicted octanol–water partition coefficient (Wildman–Crippen LogP) is 6.58. The van der Waals surface area contributed by atoms with Crippen molar-refractivity contribution in [2.45, 2.75) is 78.6 Å². The van der Waals surface area contributed by atoms with Gasteiger partial charge in [-0.05, 0) is 56.4 Å². The maximum absolute atomic E-state index is 11.1. The Morgan fingerprint density at radius 2 is 1.70 bits per heavy atom. The number of allylic oxidation sites excluding steroid dienone is 3. The van der Waals surface area contributed by atoms with Gasteiger partial charge in [-0.1, -0.05) is 53.8 Å². The number of hydrogen-bond donors (Lipinski definition) is 0. The van der Waals surface area contributed by atoms with E-state index in [4.69, 9.17) is 0 Å². The van der Waals surface area contributed by atoms with E-state index in [1.807, 2.05) is 6.92 Å². The van der Waals surface area contributed by atoms with Gasteiger partial charge >= 0.3 is 0 Å². The fraction of sp³-hybridized carbons (Fsp3) is 0.722. The summed E-state index contributed by atoms with van der Waals surface area (Å²) >= 11 is 3.77. The third kappa shape index (κ3) is 9.52. The number of unbranched alkanes of at least 4 members (excludes halogenated alkanes) is 2. The topological polar surface area (TPSA) is 17.1 Å². The molecule has 0 aliphatic heterocycles. The molecule has 1 unspecified atom stereocenters. The Bertz CT molecular complexity index is 307. The second-order valence-corrected chi connectivity index (χ2v) is 6.77. The lowest BCUT2D eigenvalue weighted by molar-refractivity contribution is -0.111. The summed E-state index contributed by atoms with van der Waals surface area (Å²) < 4.78 is 1.34. The van der Waals surface area contributed by atoms with Gasteiger partial charge in [-0.25, -0.2) is 0 Å². The number of aldehydes is 1. The number of hydrogen-bond acceptors (Lipinski definition) is 1. The van der Waals surface area contributed by atoms with Gasteiger partial charge in [0.2, 0.25) is 0 Å². The molecule has 0 aromatic heterocycles. The summed E-state index contributed by atoms with van der Waals surface area (Å²) in [5.41, 5.74) is 2.66. The summed E-state index contributed by atoms with van der Waals surface area (Å²) in [5, 5.41) is 0. The average molecular weight is 343 g/mol. The molecule has 1 atom stereocenters. The molecule has 0 N–H and O–H groups in total. The minimum absolute atomic E-state index is 0.124. The molecule has 0 amide bonds. The van der Waals surface area contributed by atoms with E-state index >= 15 is 0 Å². The molecule has 0 rings (SSSR count). The SMILES string of the molecule is C=C(C)CC(C=O)CCC(Br)=C(CCCC)CCCC. The fourth-order valence-electron chi connectivity index (χ4n) is 2.33. The van der Waals surface area contributed by atoms with Crippen molar-refractivity contribution in [3.05, 3.63) is 22.2 Å². The van der Waals surface area contributed by atoms with Gasteiger partial charge in [0.25, 0.3) is 0 Å². The summed E-state index contributed by atoms with van der Waals surface area (Å²) in [6.45, 7) is 10.4. The second-order valence-electron chi connectivity index (χ2n) is 5.81. The van der Waals surface area contributed by atoms with Crippen molar-refractivity contribution in [3.8, 4) is 0 Å². The highest BCUT2D eigenvalue weighted by atomic mass is 79.9. The van der Waals surface area contributed by atoms with E-state index in [-0.39, 0.29) is 5.92 Å². The summed E-state index contributed by atoms with van der Waals surface area (Å²) in [6.07, 6.45) is 11.2. The molecule has 0 aliphatic rings. The Morgan fingerprint density at radius 3 is 2.10 bits per heavy atom. The number of carbonyl (C=O) groups excluding carboxylic acids is 1. The van der Waals surface area contributed by atoms with E-state index < -0.39 is 0 Å². The Hall–Kier alpha value is -0.370. The summed E-state index contributed by atoms with van der Waals surface area (Å²) in [4.78, 5) is 11.1. The Kier molecular flexibility index (Phi) is 12.1. The molecule has 0 radical (unpaired) electrons. The Balaban J connectivity index is 4.50. The number of halogens is 1. The van der Waals surface area contributed by atoms with Crippen LogP contribution in [0.25, 0.3) is 0 Å². The quantitative estimate of drug-likeness (QED) is 0.289. The number of rotatable bonds is 12. The van der Waals surface area contributed by atoms with E-state index in [0.717, 1.165) is 31.1 Å². The van der Waals surface area contributed by atoms with Crippen molar-refractivity contribution >= 4 is 22.2 Å². The highest BCUT2D eigenvalue weighted by Crippen LogP contribution is 2.28. The van der Waals surface area contributed by atoms with Crippen LogP contribution in [0.3, 0.4) is 0 Å². The molecule has 20 heavy (non-hydrogen) atoms. The first-order chi connectivity index (χ1) is 9.54. The highest BCUT2D eigenvalue weighted by Gasteiger charge is 2.10. The van der Waals surface area contributed by atoms with Gasteiger partial charge in [0.1, 0.15) is 6.29 Å². The van der Waals surface area contributed by atoms with Crippen molar-refractivity contribution in [2.24, 2.45) is 5.92 Å². The van der Waals surface area contributed by atoms with Crippen LogP contribution in [-0.2, 0) is 4.79 Å². The van der Waals surface area contributed by atoms with Crippen LogP contribution in [0.1, 0.15) is 78.6 Å². The first kappa shape index (κ1) is 19.6. The van der Waals surface area contributed by atoms with Gasteiger partial charge in [-0.3, -0.25) is 0 Å². The zero-order valence-corrected chi connectivity index (χ0v) is 15.1. The molecule has 0 aliphatic carbocycles. The van der Waals surface area contributed by atoms with Crippen LogP contribution >= 0.6 is 15.9 Å². The summed E-state index contributed by atoms with van der Waals surface area (Å²) in [6, 6.07) is 0. The molecule has 0 heterocycles. The predicted molar refractivity (Wildman–Crippen MR) is 93.2 cm³/mol. The third-order valence-electron chi connectivity index (χ3n) is 3.59. The lowest BCUT2D eigenvalue weighted by atomic mass is 9.95. The first-order valence-corrected chi connectivity index (χ1v) is 8.80. The molecule has 0 fully saturated rings. The van der Waals surface area contributed by atoms with E-state index in [1.54, 1.807) is 5.57 Å². The number of carbonyl (C=O) groups is 1. The van der Waals surface area contributed by atoms with Gasteiger partial charge < -0.3 is 4.79 Å². The molecular formula is C18H31BrO. The average Bonchev–Trinajstić information content (AvgIpc) is 2.42. The van der Waals surface area contributed by atoms with Crippen molar-refractivity contribution in [2.75, 3.05) is 0 Å². The molecule has 116 valence electrons. The molecule has 0 saturated carbocycles. The molecule has 0 saturated heterocycles. The van der Waals surface area contributed by atoms with Crippen LogP contribution in [-0.4, -0.2) is 6.29 Å². The van der Waals surface area contributed by atoms with Crippen molar-refractivity contribution in [1.82, 2.24) is 0 Å². The second kappa shape index (κ2) is 12.4. The van der Waals surface area contributed by atoms with Gasteiger partial charge in [-0.15, -0.1) is 6.58 Å². The van der Waals surface area contributed by atoms with Crippen molar-refractivity contribution in [1.29, 1.82) is 0 Å². The summed E-state index contributed by atoms with van der Waals surface area (Å²) in [7, 11) is 0. The van der Waals surface area contributed by atoms with E-state index in [2.05, 4.69) is 36.4 Å². The third-order valence-corrected chi connectivity index (χ3v) is 4.54. The van der Waals surface area contributed by atoms with E-state index in [1.165, 1.54) is 43.0 Å². The highest BCUT2D eigenvalue weighted by molar-refractivity contribution is 9.11. The summed E-state index contributed by atoms with van der Waals surface area (Å²) in [5.74, 6) is 0.124. The zero-order valence-electron chi connectivity index (χ0n) is 13.5. The lowest BCUT2D eigenvalue weighted by Crippen LogP contribution is -2.03. The fourth-order valence-corrected chi connectivity index (χ4v) is 2.96. The van der Waals surface area contributed by atoms with E-state index in [9.17, 15) is 4.79 Å². The first-order valence-electron chi connectivity index (χ1n) is 8.01. The molecule has 1 nitrogen and oxygen atoms in total. The molecular weight excluding hydrogens is 312 g/mol. The van der Waals surface area contributed by atoms with Crippen LogP contribution in [0.2, 0.25) is 0 Å². The van der Waals surface area contributed by atoms with Gasteiger partial charge in [0.05, 0.1) is 0 Å². The molecule has 2 heteroatoms. The zero-order chi connectivity index (χ0) is 15.4. The van der Waals surface area contributed by atoms with Gasteiger partial charge in [0.15, 0.2) is 0 Å². The Labute approximate surface area is 134 Å². The normalized spacial score (nSPS) is 12.0. The van der Waals surface area contributed by atoms with Crippen LogP contribution < -0.4 is 0 Å². The molecule has 0 spiro atoms. The largest absolute Gasteiger partial charge is 0.303 e. The maximum Gasteiger partial charge on any atom is 0.123 e. The van der Waals surface area contributed by atoms with E-state index in [0.29, 0.717) is 0 Å². The molecule has 0 bridgehead atoms. The van der Waals surface area contributed by atoms with Crippen molar-refractivity contribution in [3.63, 3.8) is 0 Å². The monoisotopic (exact) mass is 342 g/mol. The smallest absolute Gasteiger partial charge is 0.123 e. The van der Waals surface area contributed by atoms with Crippen LogP contribution in [0.4, 0.5) is 0 Å². The molecule has 0 aromatic carbocycles. The minimum Gasteiger partial charge on any atom is -0.303 e. The van der Waals surface area contributed by atoms with Crippen LogP contribution in [0, 0.1) is 5.92 Å². The maximum atomic E-state index is 11.1. The standard InChI is InChI=1S/C18H31BrO/c1-5-7-9-17(10-8-6-2)18(19)12-11-16(14-20)13-15(3)4/h14,16H,3,5-13H2,1-2,4H3. The molecule has 0 aromatic rings. The lowest BCUT2D eigenvalue weighted by Gasteiger charge is -2.13. The minimum atomic E-state index is 0.124. The van der Waals surface area contributed by atoms with Crippen LogP contribution in [0.15, 0.2) is 22.2 Å². The van der Waals surface area contributed by atoms with Gasteiger partial charge in [0, 0.05) is 5.92 Å².